The van der Waals surface area contributed by atoms with Crippen molar-refractivity contribution in [3.05, 3.63) is 0 Å². The van der Waals surface area contributed by atoms with Crippen LogP contribution in [0.1, 0.15) is 39.5 Å². The maximum Gasteiger partial charge on any atom is 0.234 e. The number of carbonyl (C=O) groups is 2. The molecule has 0 bridgehead atoms. The van der Waals surface area contributed by atoms with Gasteiger partial charge in [-0.15, -0.1) is 0 Å². The van der Waals surface area contributed by atoms with Crippen LogP contribution < -0.4 is 16.0 Å². The topological polar surface area (TPSA) is 70.2 Å². The summed E-state index contributed by atoms with van der Waals surface area (Å²) in [5, 5.41) is 8.62. The van der Waals surface area contributed by atoms with Crippen LogP contribution in [-0.2, 0) is 9.59 Å². The van der Waals surface area contributed by atoms with E-state index in [9.17, 15) is 9.59 Å². The molecule has 17 heavy (non-hydrogen) atoms. The van der Waals surface area contributed by atoms with Gasteiger partial charge in [0.15, 0.2) is 0 Å². The highest BCUT2D eigenvalue weighted by Crippen LogP contribution is 2.18. The van der Waals surface area contributed by atoms with Gasteiger partial charge in [0.05, 0.1) is 13.1 Å². The monoisotopic (exact) mass is 241 g/mol. The summed E-state index contributed by atoms with van der Waals surface area (Å²) >= 11 is 0. The van der Waals surface area contributed by atoms with Crippen LogP contribution >= 0.6 is 0 Å². The molecule has 0 unspecified atom stereocenters. The normalized spacial score (nSPS) is 14.8. The molecule has 1 fully saturated rings. The zero-order valence-corrected chi connectivity index (χ0v) is 10.7. The Morgan fingerprint density at radius 1 is 1.12 bits per heavy atom. The van der Waals surface area contributed by atoms with Crippen LogP contribution in [0.15, 0.2) is 0 Å². The molecule has 1 saturated carbocycles. The van der Waals surface area contributed by atoms with E-state index in [0.29, 0.717) is 6.04 Å². The molecule has 0 aromatic rings. The van der Waals surface area contributed by atoms with Gasteiger partial charge in [0.2, 0.25) is 11.8 Å². The molecule has 0 aromatic heterocycles. The summed E-state index contributed by atoms with van der Waals surface area (Å²) in [5.74, 6) is -0.0687. The van der Waals surface area contributed by atoms with Gasteiger partial charge in [0.1, 0.15) is 0 Å². The van der Waals surface area contributed by atoms with Crippen LogP contribution in [0.25, 0.3) is 0 Å². The standard InChI is InChI=1S/C12H23N3O2/c1-3-9(4-2)14-11(16)7-13-8-12(17)15-10-5-6-10/h9-10,13H,3-8H2,1-2H3,(H,14,16)(H,15,17). The lowest BCUT2D eigenvalue weighted by Crippen LogP contribution is -2.43. The summed E-state index contributed by atoms with van der Waals surface area (Å²) in [7, 11) is 0. The fourth-order valence-electron chi connectivity index (χ4n) is 1.57. The summed E-state index contributed by atoms with van der Waals surface area (Å²) in [6.45, 7) is 4.51. The van der Waals surface area contributed by atoms with E-state index >= 15 is 0 Å². The number of nitrogens with one attached hydrogen (secondary N) is 3. The van der Waals surface area contributed by atoms with Gasteiger partial charge in [0, 0.05) is 12.1 Å². The van der Waals surface area contributed by atoms with Crippen molar-refractivity contribution in [1.82, 2.24) is 16.0 Å². The number of amides is 2. The van der Waals surface area contributed by atoms with Crippen LogP contribution in [-0.4, -0.2) is 37.0 Å². The number of rotatable bonds is 8. The van der Waals surface area contributed by atoms with Gasteiger partial charge in [0.25, 0.3) is 0 Å². The third kappa shape index (κ3) is 6.26. The van der Waals surface area contributed by atoms with Crippen molar-refractivity contribution in [2.45, 2.75) is 51.6 Å². The van der Waals surface area contributed by atoms with Crippen molar-refractivity contribution in [1.29, 1.82) is 0 Å². The molecule has 2 amide bonds. The highest BCUT2D eigenvalue weighted by atomic mass is 16.2. The number of hydrogen-bond acceptors (Lipinski definition) is 3. The molecule has 0 radical (unpaired) electrons. The fourth-order valence-corrected chi connectivity index (χ4v) is 1.57. The summed E-state index contributed by atoms with van der Waals surface area (Å²) in [5.41, 5.74) is 0. The van der Waals surface area contributed by atoms with E-state index in [2.05, 4.69) is 16.0 Å². The molecular formula is C12H23N3O2. The van der Waals surface area contributed by atoms with E-state index in [1.807, 2.05) is 13.8 Å². The van der Waals surface area contributed by atoms with Crippen LogP contribution in [0, 0.1) is 0 Å². The lowest BCUT2D eigenvalue weighted by molar-refractivity contribution is -0.121. The van der Waals surface area contributed by atoms with Crippen molar-refractivity contribution in [3.8, 4) is 0 Å². The van der Waals surface area contributed by atoms with Crippen molar-refractivity contribution in [2.75, 3.05) is 13.1 Å². The lowest BCUT2D eigenvalue weighted by Gasteiger charge is -2.14. The van der Waals surface area contributed by atoms with E-state index in [-0.39, 0.29) is 30.9 Å². The number of carbonyl (C=O) groups excluding carboxylic acids is 2. The SMILES string of the molecule is CCC(CC)NC(=O)CNCC(=O)NC1CC1. The Labute approximate surface area is 103 Å². The molecule has 1 aliphatic carbocycles. The van der Waals surface area contributed by atoms with E-state index in [0.717, 1.165) is 25.7 Å². The highest BCUT2D eigenvalue weighted by Gasteiger charge is 2.22. The molecule has 0 aliphatic heterocycles. The first-order valence-electron chi connectivity index (χ1n) is 6.45. The van der Waals surface area contributed by atoms with E-state index in [1.54, 1.807) is 0 Å². The second-order valence-corrected chi connectivity index (χ2v) is 4.53. The summed E-state index contributed by atoms with van der Waals surface area (Å²) < 4.78 is 0. The van der Waals surface area contributed by atoms with Gasteiger partial charge in [-0.25, -0.2) is 0 Å². The summed E-state index contributed by atoms with van der Waals surface area (Å²) in [6.07, 6.45) is 4.04. The predicted octanol–water partition coefficient (Wildman–Crippen LogP) is 0.159. The van der Waals surface area contributed by atoms with Crippen LogP contribution in [0.3, 0.4) is 0 Å². The van der Waals surface area contributed by atoms with Crippen molar-refractivity contribution in [3.63, 3.8) is 0 Å². The molecule has 3 N–H and O–H groups in total. The Morgan fingerprint density at radius 2 is 1.71 bits per heavy atom. The second-order valence-electron chi connectivity index (χ2n) is 4.53. The molecule has 5 heteroatoms. The second kappa shape index (κ2) is 7.27. The lowest BCUT2D eigenvalue weighted by atomic mass is 10.2. The average molecular weight is 241 g/mol. The first-order valence-corrected chi connectivity index (χ1v) is 6.45. The Morgan fingerprint density at radius 3 is 2.24 bits per heavy atom. The van der Waals surface area contributed by atoms with Crippen molar-refractivity contribution < 1.29 is 9.59 Å². The van der Waals surface area contributed by atoms with E-state index in [1.165, 1.54) is 0 Å². The molecule has 0 saturated heterocycles. The molecule has 1 rings (SSSR count). The van der Waals surface area contributed by atoms with Gasteiger partial charge in [-0.2, -0.15) is 0 Å². The number of hydrogen-bond donors (Lipinski definition) is 3. The van der Waals surface area contributed by atoms with Crippen molar-refractivity contribution >= 4 is 11.8 Å². The summed E-state index contributed by atoms with van der Waals surface area (Å²) in [4.78, 5) is 22.8. The molecular weight excluding hydrogens is 218 g/mol. The van der Waals surface area contributed by atoms with Crippen LogP contribution in [0.4, 0.5) is 0 Å². The molecule has 1 aliphatic rings. The first kappa shape index (κ1) is 14.0. The van der Waals surface area contributed by atoms with Crippen molar-refractivity contribution in [2.24, 2.45) is 0 Å². The van der Waals surface area contributed by atoms with Gasteiger partial charge >= 0.3 is 0 Å². The quantitative estimate of drug-likeness (QED) is 0.567. The largest absolute Gasteiger partial charge is 0.352 e. The van der Waals surface area contributed by atoms with E-state index in [4.69, 9.17) is 0 Å². The molecule has 5 nitrogen and oxygen atoms in total. The molecule has 98 valence electrons. The minimum absolute atomic E-state index is 0.0252. The minimum atomic E-state index is -0.0436. The Balaban J connectivity index is 2.04. The third-order valence-electron chi connectivity index (χ3n) is 2.86. The summed E-state index contributed by atoms with van der Waals surface area (Å²) in [6, 6.07) is 0.618. The minimum Gasteiger partial charge on any atom is -0.352 e. The third-order valence-corrected chi connectivity index (χ3v) is 2.86. The first-order chi connectivity index (χ1) is 8.15. The smallest absolute Gasteiger partial charge is 0.234 e. The predicted molar refractivity (Wildman–Crippen MR) is 66.5 cm³/mol. The average Bonchev–Trinajstić information content (AvgIpc) is 3.09. The molecule has 0 spiro atoms. The van der Waals surface area contributed by atoms with Crippen LogP contribution in [0.5, 0.6) is 0 Å². The molecule has 0 aromatic carbocycles. The Kier molecular flexibility index (Phi) is 5.97. The van der Waals surface area contributed by atoms with Gasteiger partial charge < -0.3 is 10.6 Å². The zero-order valence-electron chi connectivity index (χ0n) is 10.7. The highest BCUT2D eigenvalue weighted by molar-refractivity contribution is 5.81. The molecule has 0 heterocycles. The van der Waals surface area contributed by atoms with E-state index < -0.39 is 0 Å². The fraction of sp³-hybridized carbons (Fsp3) is 0.833. The van der Waals surface area contributed by atoms with Gasteiger partial charge in [-0.3, -0.25) is 14.9 Å². The van der Waals surface area contributed by atoms with Gasteiger partial charge in [-0.1, -0.05) is 13.8 Å². The zero-order chi connectivity index (χ0) is 12.7. The Bertz CT molecular complexity index is 260. The Hall–Kier alpha value is -1.10. The van der Waals surface area contributed by atoms with Crippen LogP contribution in [0.2, 0.25) is 0 Å². The maximum absolute atomic E-state index is 11.5. The maximum atomic E-state index is 11.5. The van der Waals surface area contributed by atoms with Gasteiger partial charge in [-0.05, 0) is 25.7 Å². The molecule has 0 atom stereocenters.